The van der Waals surface area contributed by atoms with Gasteiger partial charge in [0.05, 0.1) is 18.6 Å². The Morgan fingerprint density at radius 3 is 2.70 bits per heavy atom. The molecule has 0 spiro atoms. The quantitative estimate of drug-likeness (QED) is 0.731. The van der Waals surface area contributed by atoms with Gasteiger partial charge in [-0.05, 0) is 43.4 Å². The van der Waals surface area contributed by atoms with Crippen molar-refractivity contribution < 1.29 is 14.7 Å². The number of rotatable bonds is 5. The third kappa shape index (κ3) is 5.09. The fourth-order valence-corrected chi connectivity index (χ4v) is 4.30. The van der Waals surface area contributed by atoms with E-state index >= 15 is 0 Å². The molecule has 0 bridgehead atoms. The molecule has 2 amide bonds. The highest BCUT2D eigenvalue weighted by molar-refractivity contribution is 5.92. The summed E-state index contributed by atoms with van der Waals surface area (Å²) in [5.41, 5.74) is 0.846. The molecule has 27 heavy (non-hydrogen) atoms. The molecule has 0 aromatic carbocycles. The van der Waals surface area contributed by atoms with E-state index in [2.05, 4.69) is 29.1 Å². The average molecular weight is 377 g/mol. The van der Waals surface area contributed by atoms with Gasteiger partial charge in [-0.15, -0.1) is 0 Å². The first-order valence-corrected chi connectivity index (χ1v) is 10.1. The number of amides is 2. The zero-order valence-electron chi connectivity index (χ0n) is 16.4. The zero-order chi connectivity index (χ0) is 19.4. The van der Waals surface area contributed by atoms with Crippen molar-refractivity contribution in [1.29, 1.82) is 0 Å². The minimum atomic E-state index is -0.205. The lowest BCUT2D eigenvalue weighted by atomic mass is 9.72. The molecule has 1 saturated heterocycles. The third-order valence-corrected chi connectivity index (χ3v) is 6.29. The van der Waals surface area contributed by atoms with Crippen molar-refractivity contribution in [2.75, 3.05) is 19.7 Å². The molecule has 2 heterocycles. The van der Waals surface area contributed by atoms with Gasteiger partial charge in [0.25, 0.3) is 5.91 Å². The van der Waals surface area contributed by atoms with E-state index in [0.717, 1.165) is 12.8 Å². The van der Waals surface area contributed by atoms with Gasteiger partial charge >= 0.3 is 0 Å². The number of hydrogen-bond donors (Lipinski definition) is 3. The minimum Gasteiger partial charge on any atom is -0.396 e. The number of nitrogens with one attached hydrogen (secondary N) is 2. The van der Waals surface area contributed by atoms with Crippen molar-refractivity contribution in [1.82, 2.24) is 20.2 Å². The van der Waals surface area contributed by atoms with Gasteiger partial charge in [-0.1, -0.05) is 13.8 Å². The van der Waals surface area contributed by atoms with Crippen LogP contribution in [0.4, 0.5) is 0 Å². The Morgan fingerprint density at radius 2 is 2.07 bits per heavy atom. The first kappa shape index (κ1) is 19.9. The lowest BCUT2D eigenvalue weighted by Gasteiger charge is -2.38. The van der Waals surface area contributed by atoms with Crippen LogP contribution >= 0.6 is 0 Å². The second-order valence-electron chi connectivity index (χ2n) is 8.93. The summed E-state index contributed by atoms with van der Waals surface area (Å²) in [6.07, 6.45) is 8.74. The summed E-state index contributed by atoms with van der Waals surface area (Å²) >= 11 is 0. The second-order valence-corrected chi connectivity index (χ2v) is 8.93. The molecule has 2 fully saturated rings. The number of aromatic amines is 1. The summed E-state index contributed by atoms with van der Waals surface area (Å²) < 4.78 is 0. The fraction of sp³-hybridized carbons (Fsp3) is 0.750. The van der Waals surface area contributed by atoms with Crippen LogP contribution < -0.4 is 5.32 Å². The molecule has 1 aliphatic carbocycles. The number of hydrogen-bond acceptors (Lipinski definition) is 4. The van der Waals surface area contributed by atoms with Crippen molar-refractivity contribution in [3.63, 3.8) is 0 Å². The van der Waals surface area contributed by atoms with Gasteiger partial charge in [-0.2, -0.15) is 0 Å². The Labute approximate surface area is 160 Å². The maximum Gasteiger partial charge on any atom is 0.271 e. The summed E-state index contributed by atoms with van der Waals surface area (Å²) in [4.78, 5) is 33.6. The number of H-pyrrole nitrogens is 1. The van der Waals surface area contributed by atoms with Crippen molar-refractivity contribution in [3.8, 4) is 0 Å². The predicted molar refractivity (Wildman–Crippen MR) is 102 cm³/mol. The van der Waals surface area contributed by atoms with Crippen LogP contribution in [-0.4, -0.2) is 57.5 Å². The molecule has 1 aromatic heterocycles. The molecule has 2 atom stereocenters. The second kappa shape index (κ2) is 8.42. The normalized spacial score (nSPS) is 26.0. The monoisotopic (exact) mass is 376 g/mol. The maximum atomic E-state index is 12.6. The number of carbonyl (C=O) groups excluding carboxylic acids is 2. The number of aromatic nitrogens is 2. The topological polar surface area (TPSA) is 98.3 Å². The Morgan fingerprint density at radius 1 is 1.33 bits per heavy atom. The van der Waals surface area contributed by atoms with Gasteiger partial charge in [0.2, 0.25) is 5.91 Å². The standard InChI is InChI=1S/C20H32N4O3/c1-20(2)6-3-14(4-7-20)9-18(26)23-17-11-24(8-5-15(17)12-25)19(27)16-10-21-13-22-16/h10,13-15,17,25H,3-9,11-12H2,1-2H3,(H,21,22)(H,23,26). The molecule has 7 nitrogen and oxygen atoms in total. The van der Waals surface area contributed by atoms with Crippen molar-refractivity contribution in [2.24, 2.45) is 17.3 Å². The van der Waals surface area contributed by atoms with E-state index in [1.807, 2.05) is 0 Å². The van der Waals surface area contributed by atoms with E-state index in [1.165, 1.54) is 25.4 Å². The molecule has 7 heteroatoms. The highest BCUT2D eigenvalue weighted by Gasteiger charge is 2.34. The highest BCUT2D eigenvalue weighted by Crippen LogP contribution is 2.39. The van der Waals surface area contributed by atoms with E-state index in [9.17, 15) is 14.7 Å². The molecule has 1 aromatic rings. The smallest absolute Gasteiger partial charge is 0.271 e. The molecule has 0 radical (unpaired) electrons. The Kier molecular flexibility index (Phi) is 6.19. The molecule has 3 N–H and O–H groups in total. The number of likely N-dealkylation sites (tertiary alicyclic amines) is 1. The first-order chi connectivity index (χ1) is 12.9. The molecule has 1 saturated carbocycles. The molecule has 2 aliphatic rings. The Hall–Kier alpha value is -1.89. The maximum absolute atomic E-state index is 12.6. The zero-order valence-corrected chi connectivity index (χ0v) is 16.4. The summed E-state index contributed by atoms with van der Waals surface area (Å²) in [5.74, 6) is 0.360. The number of aliphatic hydroxyl groups is 1. The van der Waals surface area contributed by atoms with Gasteiger partial charge in [0.15, 0.2) is 0 Å². The average Bonchev–Trinajstić information content (AvgIpc) is 3.17. The van der Waals surface area contributed by atoms with E-state index in [1.54, 1.807) is 4.90 Å². The van der Waals surface area contributed by atoms with E-state index < -0.39 is 0 Å². The molecule has 150 valence electrons. The highest BCUT2D eigenvalue weighted by atomic mass is 16.3. The van der Waals surface area contributed by atoms with Crippen LogP contribution in [0.15, 0.2) is 12.5 Å². The van der Waals surface area contributed by atoms with Gasteiger partial charge in [-0.3, -0.25) is 9.59 Å². The van der Waals surface area contributed by atoms with Crippen LogP contribution in [0, 0.1) is 17.3 Å². The first-order valence-electron chi connectivity index (χ1n) is 10.1. The molecule has 2 unspecified atom stereocenters. The van der Waals surface area contributed by atoms with Crippen molar-refractivity contribution in [3.05, 3.63) is 18.2 Å². The van der Waals surface area contributed by atoms with Crippen molar-refractivity contribution in [2.45, 2.75) is 58.4 Å². The van der Waals surface area contributed by atoms with Gasteiger partial charge < -0.3 is 20.3 Å². The largest absolute Gasteiger partial charge is 0.396 e. The van der Waals surface area contributed by atoms with E-state index in [0.29, 0.717) is 43.0 Å². The van der Waals surface area contributed by atoms with E-state index in [4.69, 9.17) is 0 Å². The van der Waals surface area contributed by atoms with Crippen LogP contribution in [0.25, 0.3) is 0 Å². The lowest BCUT2D eigenvalue weighted by Crippen LogP contribution is -2.55. The fourth-order valence-electron chi connectivity index (χ4n) is 4.30. The third-order valence-electron chi connectivity index (χ3n) is 6.29. The SMILES string of the molecule is CC1(C)CCC(CC(=O)NC2CN(C(=O)c3cnc[nH]3)CCC2CO)CC1. The van der Waals surface area contributed by atoms with Crippen LogP contribution in [0.1, 0.15) is 62.9 Å². The van der Waals surface area contributed by atoms with Gasteiger partial charge in [0.1, 0.15) is 5.69 Å². The van der Waals surface area contributed by atoms with Gasteiger partial charge in [0, 0.05) is 32.0 Å². The number of imidazole rings is 1. The van der Waals surface area contributed by atoms with Gasteiger partial charge in [-0.25, -0.2) is 4.98 Å². The van der Waals surface area contributed by atoms with Crippen LogP contribution in [0.5, 0.6) is 0 Å². The summed E-state index contributed by atoms with van der Waals surface area (Å²) in [5, 5.41) is 12.8. The molecular weight excluding hydrogens is 344 g/mol. The summed E-state index contributed by atoms with van der Waals surface area (Å²) in [6, 6.07) is -0.205. The molecule has 3 rings (SSSR count). The van der Waals surface area contributed by atoms with Crippen LogP contribution in [-0.2, 0) is 4.79 Å². The summed E-state index contributed by atoms with van der Waals surface area (Å²) in [7, 11) is 0. The number of piperidine rings is 1. The lowest BCUT2D eigenvalue weighted by molar-refractivity contribution is -0.124. The Bertz CT molecular complexity index is 634. The Balaban J connectivity index is 1.54. The molecular formula is C20H32N4O3. The minimum absolute atomic E-state index is 0.00921. The van der Waals surface area contributed by atoms with Crippen molar-refractivity contribution >= 4 is 11.8 Å². The van der Waals surface area contributed by atoms with E-state index in [-0.39, 0.29) is 30.4 Å². The number of aliphatic hydroxyl groups excluding tert-OH is 1. The van der Waals surface area contributed by atoms with Crippen LogP contribution in [0.2, 0.25) is 0 Å². The predicted octanol–water partition coefficient (Wildman–Crippen LogP) is 1.96. The number of carbonyl (C=O) groups is 2. The number of nitrogens with zero attached hydrogens (tertiary/aromatic N) is 2. The van der Waals surface area contributed by atoms with Crippen LogP contribution in [0.3, 0.4) is 0 Å². The molecule has 1 aliphatic heterocycles. The summed E-state index contributed by atoms with van der Waals surface area (Å²) in [6.45, 7) is 5.61.